The first-order chi connectivity index (χ1) is 13.0. The van der Waals surface area contributed by atoms with Gasteiger partial charge in [0.15, 0.2) is 0 Å². The monoisotopic (exact) mass is 477 g/mol. The number of ether oxygens (including phenoxy) is 1. The fourth-order valence-electron chi connectivity index (χ4n) is 3.03. The van der Waals surface area contributed by atoms with Crippen LogP contribution in [0.15, 0.2) is 54.2 Å². The number of rotatable bonds is 6. The lowest BCUT2D eigenvalue weighted by molar-refractivity contribution is -0.135. The quantitative estimate of drug-likeness (QED) is 0.463. The molecule has 0 atom stereocenters. The molecule has 0 radical (unpaired) electrons. The Hall–Kier alpha value is -2.35. The highest BCUT2D eigenvalue weighted by molar-refractivity contribution is 14.1. The number of para-hydroxylation sites is 1. The molecule has 1 aliphatic carbocycles. The number of nitrogens with one attached hydrogen (secondary N) is 1. The molecule has 0 spiro atoms. The smallest absolute Gasteiger partial charge is 0.352 e. The summed E-state index contributed by atoms with van der Waals surface area (Å²) in [5, 5.41) is 12.0. The van der Waals surface area contributed by atoms with Gasteiger partial charge in [0.05, 0.1) is 3.57 Å². The average molecular weight is 477 g/mol. The minimum atomic E-state index is -1.15. The summed E-state index contributed by atoms with van der Waals surface area (Å²) in [6.07, 6.45) is 5.15. The SMILES string of the molecule is O=C(O)C(=Cc1ccc(Oc2ccccc2I)cc1)NC(=O)C1CCCC1. The topological polar surface area (TPSA) is 75.6 Å². The Morgan fingerprint density at radius 1 is 1.07 bits per heavy atom. The summed E-state index contributed by atoms with van der Waals surface area (Å²) in [5.74, 6) is -0.0308. The van der Waals surface area contributed by atoms with Crippen molar-refractivity contribution in [1.29, 1.82) is 0 Å². The molecular weight excluding hydrogens is 457 g/mol. The Kier molecular flexibility index (Phi) is 6.49. The zero-order valence-corrected chi connectivity index (χ0v) is 16.8. The fourth-order valence-corrected chi connectivity index (χ4v) is 3.52. The van der Waals surface area contributed by atoms with Gasteiger partial charge in [-0.05, 0) is 71.3 Å². The Morgan fingerprint density at radius 3 is 2.37 bits per heavy atom. The molecule has 5 nitrogen and oxygen atoms in total. The van der Waals surface area contributed by atoms with E-state index in [1.54, 1.807) is 24.3 Å². The van der Waals surface area contributed by atoms with Crippen LogP contribution in [0.5, 0.6) is 11.5 Å². The predicted molar refractivity (Wildman–Crippen MR) is 111 cm³/mol. The van der Waals surface area contributed by atoms with E-state index in [9.17, 15) is 14.7 Å². The highest BCUT2D eigenvalue weighted by Gasteiger charge is 2.24. The third-order valence-corrected chi connectivity index (χ3v) is 5.36. The van der Waals surface area contributed by atoms with Gasteiger partial charge >= 0.3 is 5.97 Å². The molecule has 3 rings (SSSR count). The van der Waals surface area contributed by atoms with Gasteiger partial charge in [-0.1, -0.05) is 37.1 Å². The second kappa shape index (κ2) is 9.03. The zero-order chi connectivity index (χ0) is 19.2. The number of halogens is 1. The highest BCUT2D eigenvalue weighted by Crippen LogP contribution is 2.27. The normalized spacial score (nSPS) is 14.8. The lowest BCUT2D eigenvalue weighted by Crippen LogP contribution is -2.31. The first-order valence-corrected chi connectivity index (χ1v) is 9.89. The van der Waals surface area contributed by atoms with Crippen molar-refractivity contribution in [2.24, 2.45) is 5.92 Å². The molecule has 1 fully saturated rings. The zero-order valence-electron chi connectivity index (χ0n) is 14.7. The van der Waals surface area contributed by atoms with Crippen molar-refractivity contribution in [3.8, 4) is 11.5 Å². The summed E-state index contributed by atoms with van der Waals surface area (Å²) in [6, 6.07) is 14.7. The van der Waals surface area contributed by atoms with E-state index in [4.69, 9.17) is 4.74 Å². The molecule has 0 saturated heterocycles. The Labute approximate surface area is 171 Å². The molecule has 0 unspecified atom stereocenters. The Balaban J connectivity index is 1.71. The van der Waals surface area contributed by atoms with Crippen LogP contribution in [-0.2, 0) is 9.59 Å². The number of carbonyl (C=O) groups excluding carboxylic acids is 1. The number of amides is 1. The molecule has 1 amide bonds. The first-order valence-electron chi connectivity index (χ1n) is 8.81. The van der Waals surface area contributed by atoms with Crippen molar-refractivity contribution in [3.63, 3.8) is 0 Å². The third-order valence-electron chi connectivity index (χ3n) is 4.47. The molecule has 0 bridgehead atoms. The van der Waals surface area contributed by atoms with Crippen LogP contribution in [0, 0.1) is 9.49 Å². The Bertz CT molecular complexity index is 855. The lowest BCUT2D eigenvalue weighted by Gasteiger charge is -2.11. The number of carboxylic acid groups (broad SMARTS) is 1. The van der Waals surface area contributed by atoms with Crippen LogP contribution in [0.1, 0.15) is 31.2 Å². The number of aliphatic carboxylic acids is 1. The lowest BCUT2D eigenvalue weighted by atomic mass is 10.1. The largest absolute Gasteiger partial charge is 0.477 e. The molecule has 27 heavy (non-hydrogen) atoms. The molecule has 2 N–H and O–H groups in total. The van der Waals surface area contributed by atoms with Crippen molar-refractivity contribution < 1.29 is 19.4 Å². The van der Waals surface area contributed by atoms with Gasteiger partial charge in [-0.2, -0.15) is 0 Å². The third kappa shape index (κ3) is 5.32. The predicted octanol–water partition coefficient (Wildman–Crippen LogP) is 4.82. The maximum atomic E-state index is 12.2. The van der Waals surface area contributed by atoms with Gasteiger partial charge in [-0.3, -0.25) is 4.79 Å². The van der Waals surface area contributed by atoms with Gasteiger partial charge in [0.2, 0.25) is 5.91 Å². The molecule has 2 aromatic rings. The minimum absolute atomic E-state index is 0.0862. The van der Waals surface area contributed by atoms with Gasteiger partial charge < -0.3 is 15.2 Å². The minimum Gasteiger partial charge on any atom is -0.477 e. The van der Waals surface area contributed by atoms with E-state index in [1.165, 1.54) is 6.08 Å². The fraction of sp³-hybridized carbons (Fsp3) is 0.238. The van der Waals surface area contributed by atoms with Crippen LogP contribution in [0.2, 0.25) is 0 Å². The van der Waals surface area contributed by atoms with E-state index >= 15 is 0 Å². The number of carbonyl (C=O) groups is 2. The average Bonchev–Trinajstić information content (AvgIpc) is 3.19. The van der Waals surface area contributed by atoms with Crippen LogP contribution >= 0.6 is 22.6 Å². The summed E-state index contributed by atoms with van der Waals surface area (Å²) < 4.78 is 6.84. The summed E-state index contributed by atoms with van der Waals surface area (Å²) in [7, 11) is 0. The first kappa shape index (κ1) is 19.4. The Morgan fingerprint density at radius 2 is 1.74 bits per heavy atom. The molecular formula is C21H20INO4. The van der Waals surface area contributed by atoms with Crippen molar-refractivity contribution in [3.05, 3.63) is 63.4 Å². The van der Waals surface area contributed by atoms with Gasteiger partial charge in [-0.25, -0.2) is 4.79 Å². The van der Waals surface area contributed by atoms with E-state index in [2.05, 4.69) is 27.9 Å². The summed E-state index contributed by atoms with van der Waals surface area (Å²) in [6.45, 7) is 0. The van der Waals surface area contributed by atoms with Gasteiger partial charge in [0, 0.05) is 5.92 Å². The van der Waals surface area contributed by atoms with Crippen LogP contribution < -0.4 is 10.1 Å². The molecule has 2 aromatic carbocycles. The van der Waals surface area contributed by atoms with Crippen LogP contribution in [-0.4, -0.2) is 17.0 Å². The van der Waals surface area contributed by atoms with Gasteiger partial charge in [-0.15, -0.1) is 0 Å². The van der Waals surface area contributed by atoms with Crippen LogP contribution in [0.3, 0.4) is 0 Å². The second-order valence-corrected chi connectivity index (χ2v) is 7.60. The number of carboxylic acids is 1. The number of hydrogen-bond donors (Lipinski definition) is 2. The second-order valence-electron chi connectivity index (χ2n) is 6.44. The number of benzene rings is 2. The summed E-state index contributed by atoms with van der Waals surface area (Å²) >= 11 is 2.20. The summed E-state index contributed by atoms with van der Waals surface area (Å²) in [4.78, 5) is 23.7. The van der Waals surface area contributed by atoms with E-state index in [0.29, 0.717) is 11.3 Å². The van der Waals surface area contributed by atoms with Gasteiger partial charge in [0.25, 0.3) is 0 Å². The van der Waals surface area contributed by atoms with Gasteiger partial charge in [0.1, 0.15) is 17.2 Å². The van der Waals surface area contributed by atoms with Crippen molar-refractivity contribution >= 4 is 40.5 Å². The molecule has 6 heteroatoms. The van der Waals surface area contributed by atoms with E-state index in [0.717, 1.165) is 35.0 Å². The maximum Gasteiger partial charge on any atom is 0.352 e. The van der Waals surface area contributed by atoms with E-state index in [1.807, 2.05) is 24.3 Å². The molecule has 0 heterocycles. The van der Waals surface area contributed by atoms with Crippen molar-refractivity contribution in [2.75, 3.05) is 0 Å². The van der Waals surface area contributed by atoms with Crippen LogP contribution in [0.4, 0.5) is 0 Å². The van der Waals surface area contributed by atoms with Crippen molar-refractivity contribution in [2.45, 2.75) is 25.7 Å². The standard InChI is InChI=1S/C21H20INO4/c22-17-7-3-4-8-19(17)27-16-11-9-14(10-12-16)13-18(21(25)26)23-20(24)15-5-1-2-6-15/h3-4,7-13,15H,1-2,5-6H2,(H,23,24)(H,25,26). The number of hydrogen-bond acceptors (Lipinski definition) is 3. The van der Waals surface area contributed by atoms with Crippen molar-refractivity contribution in [1.82, 2.24) is 5.32 Å². The van der Waals surface area contributed by atoms with Crippen LogP contribution in [0.25, 0.3) is 6.08 Å². The molecule has 1 aliphatic rings. The maximum absolute atomic E-state index is 12.2. The molecule has 1 saturated carbocycles. The highest BCUT2D eigenvalue weighted by atomic mass is 127. The van der Waals surface area contributed by atoms with E-state index < -0.39 is 5.97 Å². The molecule has 0 aromatic heterocycles. The molecule has 0 aliphatic heterocycles. The summed E-state index contributed by atoms with van der Waals surface area (Å²) in [5.41, 5.74) is 0.562. The van der Waals surface area contributed by atoms with E-state index in [-0.39, 0.29) is 17.5 Å². The molecule has 140 valence electrons.